The van der Waals surface area contributed by atoms with Crippen LogP contribution in [0, 0.1) is 5.82 Å². The molecule has 0 aliphatic carbocycles. The van der Waals surface area contributed by atoms with Crippen molar-refractivity contribution in [2.24, 2.45) is 0 Å². The summed E-state index contributed by atoms with van der Waals surface area (Å²) in [5.41, 5.74) is 1.07. The molecule has 1 amide bonds. The Morgan fingerprint density at radius 2 is 1.86 bits per heavy atom. The fraction of sp³-hybridized carbons (Fsp3) is 0.167. The van der Waals surface area contributed by atoms with E-state index >= 15 is 0 Å². The molecule has 0 bridgehead atoms. The zero-order chi connectivity index (χ0) is 15.7. The summed E-state index contributed by atoms with van der Waals surface area (Å²) in [4.78, 5) is 14.9. The number of fused-ring (bicyclic) bond motifs is 1. The van der Waals surface area contributed by atoms with Crippen molar-refractivity contribution in [3.8, 4) is 0 Å². The van der Waals surface area contributed by atoms with Crippen molar-refractivity contribution in [1.82, 2.24) is 4.90 Å². The first-order chi connectivity index (χ1) is 10.6. The highest BCUT2D eigenvalue weighted by molar-refractivity contribution is 7.20. The Kier molecular flexibility index (Phi) is 3.94. The van der Waals surface area contributed by atoms with Gasteiger partial charge in [0.15, 0.2) is 0 Å². The van der Waals surface area contributed by atoms with Crippen molar-refractivity contribution < 1.29 is 9.18 Å². The fourth-order valence-electron chi connectivity index (χ4n) is 2.44. The molecule has 0 aliphatic heterocycles. The van der Waals surface area contributed by atoms with Crippen LogP contribution in [0.1, 0.15) is 28.2 Å². The van der Waals surface area contributed by atoms with E-state index in [2.05, 4.69) is 0 Å². The highest BCUT2D eigenvalue weighted by Crippen LogP contribution is 2.30. The summed E-state index contributed by atoms with van der Waals surface area (Å²) in [6.45, 7) is 1.99. The standard InChI is InChI=1S/C18H16FNOS/c1-12(13-7-4-3-5-8-13)20(2)18(21)17-11-14-15(19)9-6-10-16(14)22-17/h3-12H,1-2H3/t12-/m0/s1. The van der Waals surface area contributed by atoms with E-state index < -0.39 is 0 Å². The molecule has 1 atom stereocenters. The molecule has 0 N–H and O–H groups in total. The summed E-state index contributed by atoms with van der Waals surface area (Å²) >= 11 is 1.33. The SMILES string of the molecule is C[C@@H](c1ccccc1)N(C)C(=O)c1cc2c(F)cccc2s1. The highest BCUT2D eigenvalue weighted by atomic mass is 32.1. The van der Waals surface area contributed by atoms with Gasteiger partial charge in [0.25, 0.3) is 5.91 Å². The number of halogens is 1. The number of thiophene rings is 1. The largest absolute Gasteiger partial charge is 0.334 e. The van der Waals surface area contributed by atoms with Gasteiger partial charge >= 0.3 is 0 Å². The molecule has 0 unspecified atom stereocenters. The van der Waals surface area contributed by atoms with E-state index in [1.807, 2.05) is 43.3 Å². The molecule has 0 radical (unpaired) electrons. The van der Waals surface area contributed by atoms with E-state index in [0.29, 0.717) is 10.3 Å². The van der Waals surface area contributed by atoms with Gasteiger partial charge < -0.3 is 4.90 Å². The Hall–Kier alpha value is -2.20. The zero-order valence-electron chi connectivity index (χ0n) is 12.4. The van der Waals surface area contributed by atoms with Crippen LogP contribution in [0.3, 0.4) is 0 Å². The van der Waals surface area contributed by atoms with Crippen LogP contribution in [0.2, 0.25) is 0 Å². The second-order valence-corrected chi connectivity index (χ2v) is 6.35. The number of benzene rings is 2. The Bertz CT molecular complexity index is 812. The molecule has 0 saturated carbocycles. The van der Waals surface area contributed by atoms with Crippen LogP contribution in [0.25, 0.3) is 10.1 Å². The van der Waals surface area contributed by atoms with Crippen molar-refractivity contribution in [3.05, 3.63) is 70.9 Å². The van der Waals surface area contributed by atoms with E-state index in [0.717, 1.165) is 10.3 Å². The van der Waals surface area contributed by atoms with Gasteiger partial charge in [-0.1, -0.05) is 36.4 Å². The second kappa shape index (κ2) is 5.89. The molecule has 1 aromatic heterocycles. The Labute approximate surface area is 132 Å². The van der Waals surface area contributed by atoms with Crippen LogP contribution in [0.5, 0.6) is 0 Å². The lowest BCUT2D eigenvalue weighted by Gasteiger charge is -2.24. The van der Waals surface area contributed by atoms with E-state index in [-0.39, 0.29) is 17.8 Å². The molecular formula is C18H16FNOS. The minimum absolute atomic E-state index is 0.0382. The number of carbonyl (C=O) groups excluding carboxylic acids is 1. The first-order valence-corrected chi connectivity index (χ1v) is 7.89. The summed E-state index contributed by atoms with van der Waals surface area (Å²) in [5, 5.41) is 0.511. The normalized spacial score (nSPS) is 12.3. The molecule has 2 aromatic carbocycles. The van der Waals surface area contributed by atoms with E-state index in [1.165, 1.54) is 17.4 Å². The first kappa shape index (κ1) is 14.7. The second-order valence-electron chi connectivity index (χ2n) is 5.27. The lowest BCUT2D eigenvalue weighted by Crippen LogP contribution is -2.28. The number of carbonyl (C=O) groups is 1. The number of nitrogens with zero attached hydrogens (tertiary/aromatic N) is 1. The van der Waals surface area contributed by atoms with Gasteiger partial charge in [0, 0.05) is 17.1 Å². The highest BCUT2D eigenvalue weighted by Gasteiger charge is 2.21. The van der Waals surface area contributed by atoms with Crippen LogP contribution in [-0.2, 0) is 0 Å². The molecule has 112 valence electrons. The zero-order valence-corrected chi connectivity index (χ0v) is 13.2. The first-order valence-electron chi connectivity index (χ1n) is 7.08. The number of rotatable bonds is 3. The van der Waals surface area contributed by atoms with Gasteiger partial charge in [0.1, 0.15) is 5.82 Å². The number of hydrogen-bond acceptors (Lipinski definition) is 2. The maximum Gasteiger partial charge on any atom is 0.264 e. The number of hydrogen-bond donors (Lipinski definition) is 0. The van der Waals surface area contributed by atoms with Gasteiger partial charge in [0.05, 0.1) is 10.9 Å². The summed E-state index contributed by atoms with van der Waals surface area (Å²) in [5.74, 6) is -0.372. The Balaban J connectivity index is 1.90. The van der Waals surface area contributed by atoms with Crippen LogP contribution in [-0.4, -0.2) is 17.9 Å². The molecule has 0 spiro atoms. The van der Waals surface area contributed by atoms with Crippen LogP contribution in [0.15, 0.2) is 54.6 Å². The molecule has 0 aliphatic rings. The van der Waals surface area contributed by atoms with Crippen molar-refractivity contribution in [3.63, 3.8) is 0 Å². The third-order valence-electron chi connectivity index (χ3n) is 3.90. The maximum absolute atomic E-state index is 13.8. The Morgan fingerprint density at radius 3 is 2.55 bits per heavy atom. The summed E-state index contributed by atoms with van der Waals surface area (Å²) in [7, 11) is 1.78. The minimum Gasteiger partial charge on any atom is -0.334 e. The molecule has 22 heavy (non-hydrogen) atoms. The predicted octanol–water partition coefficient (Wildman–Crippen LogP) is 4.87. The third kappa shape index (κ3) is 2.62. The van der Waals surface area contributed by atoms with Crippen molar-refractivity contribution in [2.75, 3.05) is 7.05 Å². The summed E-state index contributed by atoms with van der Waals surface area (Å²) < 4.78 is 14.6. The average molecular weight is 313 g/mol. The quantitative estimate of drug-likeness (QED) is 0.675. The minimum atomic E-state index is -0.286. The van der Waals surface area contributed by atoms with Crippen LogP contribution in [0.4, 0.5) is 4.39 Å². The molecule has 1 heterocycles. The van der Waals surface area contributed by atoms with Gasteiger partial charge in [0.2, 0.25) is 0 Å². The fourth-order valence-corrected chi connectivity index (χ4v) is 3.49. The lowest BCUT2D eigenvalue weighted by molar-refractivity contribution is 0.0747. The van der Waals surface area contributed by atoms with E-state index in [1.54, 1.807) is 24.1 Å². The summed E-state index contributed by atoms with van der Waals surface area (Å²) in [6, 6.07) is 16.4. The summed E-state index contributed by atoms with van der Waals surface area (Å²) in [6.07, 6.45) is 0. The molecule has 3 rings (SSSR count). The van der Waals surface area contributed by atoms with Crippen LogP contribution < -0.4 is 0 Å². The Morgan fingerprint density at radius 1 is 1.14 bits per heavy atom. The monoisotopic (exact) mass is 313 g/mol. The molecule has 4 heteroatoms. The third-order valence-corrected chi connectivity index (χ3v) is 4.99. The average Bonchev–Trinajstić information content (AvgIpc) is 2.99. The lowest BCUT2D eigenvalue weighted by atomic mass is 10.1. The van der Waals surface area contributed by atoms with Gasteiger partial charge in [-0.3, -0.25) is 4.79 Å². The molecular weight excluding hydrogens is 297 g/mol. The topological polar surface area (TPSA) is 20.3 Å². The van der Waals surface area contributed by atoms with E-state index in [4.69, 9.17) is 0 Å². The van der Waals surface area contributed by atoms with Gasteiger partial charge in [-0.05, 0) is 30.7 Å². The number of amides is 1. The van der Waals surface area contributed by atoms with Gasteiger partial charge in [-0.15, -0.1) is 11.3 Å². The van der Waals surface area contributed by atoms with Crippen molar-refractivity contribution in [1.29, 1.82) is 0 Å². The smallest absolute Gasteiger partial charge is 0.264 e. The van der Waals surface area contributed by atoms with Crippen LogP contribution >= 0.6 is 11.3 Å². The molecule has 3 aromatic rings. The van der Waals surface area contributed by atoms with Crippen molar-refractivity contribution in [2.45, 2.75) is 13.0 Å². The molecule has 0 saturated heterocycles. The molecule has 2 nitrogen and oxygen atoms in total. The van der Waals surface area contributed by atoms with Gasteiger partial charge in [-0.25, -0.2) is 4.39 Å². The van der Waals surface area contributed by atoms with Crippen molar-refractivity contribution >= 4 is 27.3 Å². The maximum atomic E-state index is 13.8. The molecule has 0 fully saturated rings. The van der Waals surface area contributed by atoms with E-state index in [9.17, 15) is 9.18 Å². The van der Waals surface area contributed by atoms with Gasteiger partial charge in [-0.2, -0.15) is 0 Å². The predicted molar refractivity (Wildman–Crippen MR) is 88.7 cm³/mol.